The van der Waals surface area contributed by atoms with E-state index < -0.39 is 0 Å². The number of nitrogens with one attached hydrogen (secondary N) is 2. The molecule has 4 aromatic rings. The van der Waals surface area contributed by atoms with E-state index in [2.05, 4.69) is 39.8 Å². The molecule has 0 bridgehead atoms. The molecule has 2 heterocycles. The quantitative estimate of drug-likeness (QED) is 0.396. The number of rotatable bonds is 7. The van der Waals surface area contributed by atoms with E-state index in [1.807, 2.05) is 66.7 Å². The minimum atomic E-state index is -0.223. The smallest absolute Gasteiger partial charge is 0.319 e. The van der Waals surface area contributed by atoms with Crippen LogP contribution in [0.2, 0.25) is 0 Å². The number of carbonyl (C=O) groups is 1. The third-order valence-corrected chi connectivity index (χ3v) is 6.57. The Hall–Kier alpha value is -3.74. The molecule has 0 radical (unpaired) electrons. The molecular formula is C29H30N4O2. The Balaban J connectivity index is 1.39. The number of nitrogens with zero attached hydrogens (tertiary/aromatic N) is 2. The summed E-state index contributed by atoms with van der Waals surface area (Å²) in [5, 5.41) is 7.33. The SMILES string of the molecule is COCCN1C[C@@H](NC(=O)Nc2cc3ccccc3nc2-c2ccccc2)[C@H](c2ccccc2)C1. The molecule has 0 unspecified atom stereocenters. The van der Waals surface area contributed by atoms with E-state index in [4.69, 9.17) is 9.72 Å². The highest BCUT2D eigenvalue weighted by atomic mass is 16.5. The van der Waals surface area contributed by atoms with Crippen LogP contribution in [0, 0.1) is 0 Å². The van der Waals surface area contributed by atoms with Crippen LogP contribution in [-0.2, 0) is 4.74 Å². The molecule has 2 atom stereocenters. The highest BCUT2D eigenvalue weighted by Gasteiger charge is 2.34. The van der Waals surface area contributed by atoms with Gasteiger partial charge < -0.3 is 15.4 Å². The first-order chi connectivity index (χ1) is 17.2. The lowest BCUT2D eigenvalue weighted by Crippen LogP contribution is -2.42. The zero-order valence-electron chi connectivity index (χ0n) is 19.9. The maximum atomic E-state index is 13.3. The third kappa shape index (κ3) is 5.34. The number of aromatic nitrogens is 1. The fraction of sp³-hybridized carbons (Fsp3) is 0.241. The fourth-order valence-electron chi connectivity index (χ4n) is 4.83. The summed E-state index contributed by atoms with van der Waals surface area (Å²) in [6.45, 7) is 3.17. The largest absolute Gasteiger partial charge is 0.383 e. The molecule has 1 aliphatic heterocycles. The van der Waals surface area contributed by atoms with Crippen molar-refractivity contribution in [3.63, 3.8) is 0 Å². The van der Waals surface area contributed by atoms with Crippen LogP contribution >= 0.6 is 0 Å². The Kier molecular flexibility index (Phi) is 7.02. The molecule has 5 rings (SSSR count). The second kappa shape index (κ2) is 10.7. The molecule has 0 spiro atoms. The van der Waals surface area contributed by atoms with Crippen molar-refractivity contribution in [1.29, 1.82) is 0 Å². The predicted octanol–water partition coefficient (Wildman–Crippen LogP) is 5.14. The number of fused-ring (bicyclic) bond motifs is 1. The minimum Gasteiger partial charge on any atom is -0.383 e. The van der Waals surface area contributed by atoms with Crippen molar-refractivity contribution >= 4 is 22.6 Å². The summed E-state index contributed by atoms with van der Waals surface area (Å²) in [5.41, 5.74) is 4.54. The molecule has 0 saturated carbocycles. The van der Waals surface area contributed by atoms with Crippen LogP contribution in [0.15, 0.2) is 91.0 Å². The van der Waals surface area contributed by atoms with E-state index in [-0.39, 0.29) is 18.0 Å². The first kappa shape index (κ1) is 23.0. The zero-order valence-corrected chi connectivity index (χ0v) is 19.9. The highest BCUT2D eigenvalue weighted by Crippen LogP contribution is 2.31. The van der Waals surface area contributed by atoms with E-state index in [1.54, 1.807) is 7.11 Å². The summed E-state index contributed by atoms with van der Waals surface area (Å²) in [6, 6.07) is 30.1. The molecule has 2 N–H and O–H groups in total. The van der Waals surface area contributed by atoms with Crippen LogP contribution in [0.3, 0.4) is 0 Å². The molecule has 6 heteroatoms. The fourth-order valence-corrected chi connectivity index (χ4v) is 4.83. The van der Waals surface area contributed by atoms with Gasteiger partial charge in [0, 0.05) is 43.6 Å². The van der Waals surface area contributed by atoms with Gasteiger partial charge in [0.15, 0.2) is 0 Å². The molecule has 178 valence electrons. The van der Waals surface area contributed by atoms with Gasteiger partial charge in [-0.25, -0.2) is 9.78 Å². The van der Waals surface area contributed by atoms with Crippen molar-refractivity contribution in [1.82, 2.24) is 15.2 Å². The second-order valence-corrected chi connectivity index (χ2v) is 8.92. The summed E-state index contributed by atoms with van der Waals surface area (Å²) in [7, 11) is 1.72. The summed E-state index contributed by atoms with van der Waals surface area (Å²) in [6.07, 6.45) is 0. The number of likely N-dealkylation sites (tertiary alicyclic amines) is 1. The number of benzene rings is 3. The topological polar surface area (TPSA) is 66.5 Å². The molecule has 2 amide bonds. The van der Waals surface area contributed by atoms with Crippen LogP contribution in [0.25, 0.3) is 22.2 Å². The lowest BCUT2D eigenvalue weighted by molar-refractivity contribution is 0.159. The van der Waals surface area contributed by atoms with Gasteiger partial charge in [0.05, 0.1) is 29.5 Å². The minimum absolute atomic E-state index is 0.0113. The molecule has 1 saturated heterocycles. The lowest BCUT2D eigenvalue weighted by atomic mass is 9.94. The number of para-hydroxylation sites is 1. The van der Waals surface area contributed by atoms with Crippen LogP contribution in [0.4, 0.5) is 10.5 Å². The Morgan fingerprint density at radius 3 is 2.46 bits per heavy atom. The van der Waals surface area contributed by atoms with E-state index in [9.17, 15) is 4.79 Å². The zero-order chi connectivity index (χ0) is 24.0. The normalized spacial score (nSPS) is 18.0. The molecule has 6 nitrogen and oxygen atoms in total. The highest BCUT2D eigenvalue weighted by molar-refractivity contribution is 5.97. The van der Waals surface area contributed by atoms with Crippen LogP contribution < -0.4 is 10.6 Å². The number of hydrogen-bond donors (Lipinski definition) is 2. The molecule has 1 aromatic heterocycles. The average Bonchev–Trinajstić information content (AvgIpc) is 3.30. The van der Waals surface area contributed by atoms with Gasteiger partial charge in [-0.05, 0) is 17.7 Å². The van der Waals surface area contributed by atoms with Crippen LogP contribution in [0.1, 0.15) is 11.5 Å². The second-order valence-electron chi connectivity index (χ2n) is 8.92. The van der Waals surface area contributed by atoms with Crippen molar-refractivity contribution in [2.45, 2.75) is 12.0 Å². The van der Waals surface area contributed by atoms with Gasteiger partial charge in [0.2, 0.25) is 0 Å². The number of methoxy groups -OCH3 is 1. The summed E-state index contributed by atoms with van der Waals surface area (Å²) in [4.78, 5) is 20.5. The van der Waals surface area contributed by atoms with Crippen molar-refractivity contribution in [2.75, 3.05) is 38.7 Å². The van der Waals surface area contributed by atoms with E-state index in [1.165, 1.54) is 5.56 Å². The molecule has 35 heavy (non-hydrogen) atoms. The number of carbonyl (C=O) groups excluding carboxylic acids is 1. The predicted molar refractivity (Wildman–Crippen MR) is 141 cm³/mol. The Bertz CT molecular complexity index is 1280. The monoisotopic (exact) mass is 466 g/mol. The Morgan fingerprint density at radius 1 is 0.971 bits per heavy atom. The van der Waals surface area contributed by atoms with E-state index in [0.717, 1.165) is 41.8 Å². The lowest BCUT2D eigenvalue weighted by Gasteiger charge is -2.21. The number of amides is 2. The summed E-state index contributed by atoms with van der Waals surface area (Å²) in [5.74, 6) is 0.210. The first-order valence-electron chi connectivity index (χ1n) is 12.0. The molecular weight excluding hydrogens is 436 g/mol. The number of pyridine rings is 1. The van der Waals surface area contributed by atoms with Crippen molar-refractivity contribution < 1.29 is 9.53 Å². The Labute approximate surface area is 205 Å². The van der Waals surface area contributed by atoms with Gasteiger partial charge in [-0.15, -0.1) is 0 Å². The first-order valence-corrected chi connectivity index (χ1v) is 12.0. The van der Waals surface area contributed by atoms with Crippen LogP contribution in [-0.4, -0.2) is 55.3 Å². The van der Waals surface area contributed by atoms with Gasteiger partial charge >= 0.3 is 6.03 Å². The Morgan fingerprint density at radius 2 is 1.69 bits per heavy atom. The van der Waals surface area contributed by atoms with Gasteiger partial charge in [-0.1, -0.05) is 78.9 Å². The van der Waals surface area contributed by atoms with Gasteiger partial charge in [0.1, 0.15) is 0 Å². The maximum absolute atomic E-state index is 13.3. The van der Waals surface area contributed by atoms with Crippen molar-refractivity contribution in [3.05, 3.63) is 96.6 Å². The number of anilines is 1. The molecule has 0 aliphatic carbocycles. The van der Waals surface area contributed by atoms with E-state index in [0.29, 0.717) is 12.3 Å². The van der Waals surface area contributed by atoms with Crippen molar-refractivity contribution in [3.8, 4) is 11.3 Å². The molecule has 1 fully saturated rings. The number of hydrogen-bond acceptors (Lipinski definition) is 4. The van der Waals surface area contributed by atoms with Gasteiger partial charge in [0.25, 0.3) is 0 Å². The maximum Gasteiger partial charge on any atom is 0.319 e. The van der Waals surface area contributed by atoms with Crippen LogP contribution in [0.5, 0.6) is 0 Å². The third-order valence-electron chi connectivity index (χ3n) is 6.57. The number of urea groups is 1. The van der Waals surface area contributed by atoms with E-state index >= 15 is 0 Å². The van der Waals surface area contributed by atoms with Gasteiger partial charge in [-0.2, -0.15) is 0 Å². The standard InChI is InChI=1S/C29H30N4O2/c1-35-17-16-33-19-24(21-10-4-2-5-11-21)27(20-33)32-29(34)31-26-18-23-14-8-9-15-25(23)30-28(26)22-12-6-3-7-13-22/h2-15,18,24,27H,16-17,19-20H2,1H3,(H2,31,32,34)/t24-,27+/m0/s1. The van der Waals surface area contributed by atoms with Crippen molar-refractivity contribution in [2.24, 2.45) is 0 Å². The summed E-state index contributed by atoms with van der Waals surface area (Å²) >= 11 is 0. The number of ether oxygens (including phenoxy) is 1. The van der Waals surface area contributed by atoms with Gasteiger partial charge in [-0.3, -0.25) is 4.90 Å². The molecule has 1 aliphatic rings. The average molecular weight is 467 g/mol. The molecule has 3 aromatic carbocycles. The summed E-state index contributed by atoms with van der Waals surface area (Å²) < 4.78 is 5.28.